The van der Waals surface area contributed by atoms with E-state index in [0.29, 0.717) is 0 Å². The molecule has 1 saturated heterocycles. The number of thiophene rings is 1. The van der Waals surface area contributed by atoms with E-state index in [1.165, 1.54) is 0 Å². The molecule has 0 atom stereocenters. The van der Waals surface area contributed by atoms with E-state index in [2.05, 4.69) is 20.2 Å². The Balaban J connectivity index is 1.58. The third-order valence-corrected chi connectivity index (χ3v) is 4.65. The molecule has 3 heterocycles. The second kappa shape index (κ2) is 6.44. The number of anilines is 1. The van der Waals surface area contributed by atoms with Crippen molar-refractivity contribution in [2.75, 3.05) is 18.0 Å². The maximum atomic E-state index is 12.1. The van der Waals surface area contributed by atoms with Gasteiger partial charge in [0.1, 0.15) is 5.82 Å². The first kappa shape index (κ1) is 15.0. The van der Waals surface area contributed by atoms with Gasteiger partial charge in [-0.3, -0.25) is 9.78 Å². The van der Waals surface area contributed by atoms with E-state index in [4.69, 9.17) is 0 Å². The Hall–Kier alpha value is -1.95. The van der Waals surface area contributed by atoms with Gasteiger partial charge in [-0.15, -0.1) is 0 Å². The molecule has 5 nitrogen and oxygen atoms in total. The van der Waals surface area contributed by atoms with Gasteiger partial charge in [-0.2, -0.15) is 11.3 Å². The molecule has 116 valence electrons. The molecule has 2 aromatic rings. The molecule has 0 bridgehead atoms. The summed E-state index contributed by atoms with van der Waals surface area (Å²) in [5.41, 5.74) is 2.66. The van der Waals surface area contributed by atoms with Crippen LogP contribution in [0, 0.1) is 13.8 Å². The third kappa shape index (κ3) is 3.27. The Morgan fingerprint density at radius 2 is 2.14 bits per heavy atom. The number of nitrogens with zero attached hydrogens (tertiary/aromatic N) is 3. The lowest BCUT2D eigenvalue weighted by Crippen LogP contribution is -2.45. The number of hydrogen-bond acceptors (Lipinski definition) is 5. The van der Waals surface area contributed by atoms with E-state index in [1.54, 1.807) is 17.5 Å². The van der Waals surface area contributed by atoms with E-state index >= 15 is 0 Å². The maximum Gasteiger partial charge on any atom is 0.252 e. The fraction of sp³-hybridized carbons (Fsp3) is 0.438. The minimum Gasteiger partial charge on any atom is -0.355 e. The largest absolute Gasteiger partial charge is 0.355 e. The van der Waals surface area contributed by atoms with Crippen molar-refractivity contribution in [3.8, 4) is 0 Å². The number of aromatic nitrogens is 2. The van der Waals surface area contributed by atoms with Crippen LogP contribution in [0.4, 0.5) is 5.82 Å². The number of hydrogen-bond donors (Lipinski definition) is 1. The van der Waals surface area contributed by atoms with Gasteiger partial charge in [-0.05, 0) is 38.1 Å². The van der Waals surface area contributed by atoms with E-state index < -0.39 is 0 Å². The van der Waals surface area contributed by atoms with Gasteiger partial charge in [-0.25, -0.2) is 4.98 Å². The van der Waals surface area contributed by atoms with Crippen molar-refractivity contribution < 1.29 is 4.79 Å². The Bertz CT molecular complexity index is 648. The van der Waals surface area contributed by atoms with Gasteiger partial charge < -0.3 is 10.2 Å². The van der Waals surface area contributed by atoms with Crippen LogP contribution in [0.15, 0.2) is 23.0 Å². The SMILES string of the molecule is Cc1cnc(C)c(N2CCC(NC(=O)c3ccsc3)CC2)n1. The first-order valence-corrected chi connectivity index (χ1v) is 8.46. The molecule has 0 spiro atoms. The molecular weight excluding hydrogens is 296 g/mol. The molecule has 0 aromatic carbocycles. The molecule has 0 unspecified atom stereocenters. The van der Waals surface area contributed by atoms with Crippen LogP contribution in [0.1, 0.15) is 34.6 Å². The predicted octanol–water partition coefficient (Wildman–Crippen LogP) is 2.55. The fourth-order valence-corrected chi connectivity index (χ4v) is 3.36. The molecule has 1 fully saturated rings. The molecule has 0 saturated carbocycles. The van der Waals surface area contributed by atoms with Crippen molar-refractivity contribution in [3.63, 3.8) is 0 Å². The van der Waals surface area contributed by atoms with Crippen LogP contribution in [0.5, 0.6) is 0 Å². The molecule has 22 heavy (non-hydrogen) atoms. The number of carbonyl (C=O) groups is 1. The minimum absolute atomic E-state index is 0.0335. The first-order valence-electron chi connectivity index (χ1n) is 7.52. The quantitative estimate of drug-likeness (QED) is 0.945. The highest BCUT2D eigenvalue weighted by Gasteiger charge is 2.23. The van der Waals surface area contributed by atoms with Gasteiger partial charge in [0.2, 0.25) is 0 Å². The smallest absolute Gasteiger partial charge is 0.252 e. The van der Waals surface area contributed by atoms with Crippen molar-refractivity contribution in [1.82, 2.24) is 15.3 Å². The van der Waals surface area contributed by atoms with Crippen molar-refractivity contribution in [2.45, 2.75) is 32.7 Å². The minimum atomic E-state index is 0.0335. The second-order valence-electron chi connectivity index (χ2n) is 5.67. The first-order chi connectivity index (χ1) is 10.6. The van der Waals surface area contributed by atoms with Crippen LogP contribution in [-0.4, -0.2) is 35.0 Å². The molecule has 1 aliphatic heterocycles. The molecule has 1 aliphatic rings. The van der Waals surface area contributed by atoms with E-state index in [0.717, 1.165) is 48.7 Å². The average Bonchev–Trinajstić information content (AvgIpc) is 3.05. The number of aryl methyl sites for hydroxylation is 2. The van der Waals surface area contributed by atoms with E-state index in [-0.39, 0.29) is 11.9 Å². The van der Waals surface area contributed by atoms with Gasteiger partial charge in [0.25, 0.3) is 5.91 Å². The molecular formula is C16H20N4OS. The van der Waals surface area contributed by atoms with E-state index in [1.807, 2.05) is 30.7 Å². The van der Waals surface area contributed by atoms with Crippen molar-refractivity contribution in [1.29, 1.82) is 0 Å². The predicted molar refractivity (Wildman–Crippen MR) is 88.5 cm³/mol. The van der Waals surface area contributed by atoms with Crippen LogP contribution in [0.25, 0.3) is 0 Å². The van der Waals surface area contributed by atoms with Gasteiger partial charge in [0, 0.05) is 36.3 Å². The zero-order chi connectivity index (χ0) is 15.5. The normalized spacial score (nSPS) is 15.8. The lowest BCUT2D eigenvalue weighted by Gasteiger charge is -2.33. The zero-order valence-electron chi connectivity index (χ0n) is 12.9. The van der Waals surface area contributed by atoms with Crippen LogP contribution < -0.4 is 10.2 Å². The molecule has 2 aromatic heterocycles. The number of rotatable bonds is 3. The van der Waals surface area contributed by atoms with Gasteiger partial charge in [0.15, 0.2) is 0 Å². The summed E-state index contributed by atoms with van der Waals surface area (Å²) in [5, 5.41) is 6.94. The summed E-state index contributed by atoms with van der Waals surface area (Å²) in [7, 11) is 0. The summed E-state index contributed by atoms with van der Waals surface area (Å²) in [6, 6.07) is 2.10. The Labute approximate surface area is 134 Å². The third-order valence-electron chi connectivity index (χ3n) is 3.96. The van der Waals surface area contributed by atoms with Gasteiger partial charge in [0.05, 0.1) is 11.4 Å². The second-order valence-corrected chi connectivity index (χ2v) is 6.45. The summed E-state index contributed by atoms with van der Waals surface area (Å²) < 4.78 is 0. The molecule has 1 amide bonds. The molecule has 3 rings (SSSR count). The summed E-state index contributed by atoms with van der Waals surface area (Å²) in [6.45, 7) is 5.75. The number of amides is 1. The maximum absolute atomic E-state index is 12.1. The zero-order valence-corrected chi connectivity index (χ0v) is 13.7. The molecule has 0 radical (unpaired) electrons. The fourth-order valence-electron chi connectivity index (χ4n) is 2.72. The molecule has 0 aliphatic carbocycles. The lowest BCUT2D eigenvalue weighted by molar-refractivity contribution is 0.0931. The van der Waals surface area contributed by atoms with Crippen molar-refractivity contribution in [3.05, 3.63) is 40.0 Å². The standard InChI is InChI=1S/C16H20N4OS/c1-11-9-17-12(2)15(18-11)20-6-3-14(4-7-20)19-16(21)13-5-8-22-10-13/h5,8-10,14H,3-4,6-7H2,1-2H3,(H,19,21). The Morgan fingerprint density at radius 1 is 1.36 bits per heavy atom. The summed E-state index contributed by atoms with van der Waals surface area (Å²) in [5.74, 6) is 1.01. The molecule has 6 heteroatoms. The highest BCUT2D eigenvalue weighted by atomic mass is 32.1. The van der Waals surface area contributed by atoms with Crippen LogP contribution >= 0.6 is 11.3 Å². The Morgan fingerprint density at radius 3 is 2.82 bits per heavy atom. The van der Waals surface area contributed by atoms with Gasteiger partial charge in [-0.1, -0.05) is 0 Å². The number of carbonyl (C=O) groups excluding carboxylic acids is 1. The Kier molecular flexibility index (Phi) is 4.38. The highest BCUT2D eigenvalue weighted by Crippen LogP contribution is 2.21. The number of nitrogens with one attached hydrogen (secondary N) is 1. The van der Waals surface area contributed by atoms with Crippen molar-refractivity contribution >= 4 is 23.1 Å². The lowest BCUT2D eigenvalue weighted by atomic mass is 10.0. The average molecular weight is 316 g/mol. The topological polar surface area (TPSA) is 58.1 Å². The van der Waals surface area contributed by atoms with Crippen LogP contribution in [0.3, 0.4) is 0 Å². The van der Waals surface area contributed by atoms with Gasteiger partial charge >= 0.3 is 0 Å². The highest BCUT2D eigenvalue weighted by molar-refractivity contribution is 7.08. The summed E-state index contributed by atoms with van der Waals surface area (Å²) in [6.07, 6.45) is 3.67. The van der Waals surface area contributed by atoms with Crippen LogP contribution in [0.2, 0.25) is 0 Å². The van der Waals surface area contributed by atoms with Crippen molar-refractivity contribution in [2.24, 2.45) is 0 Å². The monoisotopic (exact) mass is 316 g/mol. The molecule has 1 N–H and O–H groups in total. The summed E-state index contributed by atoms with van der Waals surface area (Å²) in [4.78, 5) is 23.3. The number of piperidine rings is 1. The van der Waals surface area contributed by atoms with Crippen LogP contribution in [-0.2, 0) is 0 Å². The van der Waals surface area contributed by atoms with E-state index in [9.17, 15) is 4.79 Å². The summed E-state index contributed by atoms with van der Waals surface area (Å²) >= 11 is 1.55.